The summed E-state index contributed by atoms with van der Waals surface area (Å²) in [5, 5.41) is 4.75. The van der Waals surface area contributed by atoms with E-state index in [2.05, 4.69) is 5.32 Å². The molecule has 1 aromatic heterocycles. The molecule has 0 bridgehead atoms. The van der Waals surface area contributed by atoms with E-state index in [-0.39, 0.29) is 11.4 Å². The number of rotatable bonds is 6. The quantitative estimate of drug-likeness (QED) is 0.344. The molecule has 0 spiro atoms. The van der Waals surface area contributed by atoms with Crippen LogP contribution < -0.4 is 9.62 Å². The first-order valence-electron chi connectivity index (χ1n) is 10.8. The van der Waals surface area contributed by atoms with E-state index < -0.39 is 15.9 Å². The lowest BCUT2D eigenvalue weighted by molar-refractivity contribution is -0.114. The van der Waals surface area contributed by atoms with Crippen molar-refractivity contribution < 1.29 is 17.6 Å². The fourth-order valence-corrected chi connectivity index (χ4v) is 5.32. The summed E-state index contributed by atoms with van der Waals surface area (Å²) in [7, 11) is -3.95. The van der Waals surface area contributed by atoms with Crippen molar-refractivity contribution in [3.8, 4) is 0 Å². The van der Waals surface area contributed by atoms with Crippen molar-refractivity contribution >= 4 is 49.2 Å². The summed E-state index contributed by atoms with van der Waals surface area (Å²) < 4.78 is 33.8. The van der Waals surface area contributed by atoms with E-state index in [0.717, 1.165) is 26.2 Å². The topological polar surface area (TPSA) is 79.6 Å². The number of carbonyl (C=O) groups is 1. The van der Waals surface area contributed by atoms with Crippen molar-refractivity contribution in [2.24, 2.45) is 0 Å². The highest BCUT2D eigenvalue weighted by molar-refractivity contribution is 7.92. The number of hydrogen-bond acceptors (Lipinski definition) is 4. The Balaban J connectivity index is 1.44. The average Bonchev–Trinajstić information content (AvgIpc) is 3.21. The molecule has 0 unspecified atom stereocenters. The zero-order valence-electron chi connectivity index (χ0n) is 18.4. The molecule has 6 nitrogen and oxygen atoms in total. The van der Waals surface area contributed by atoms with Crippen LogP contribution >= 0.6 is 0 Å². The monoisotopic (exact) mass is 470 g/mol. The van der Waals surface area contributed by atoms with Crippen LogP contribution in [0.4, 0.5) is 11.4 Å². The van der Waals surface area contributed by atoms with Gasteiger partial charge in [0.05, 0.1) is 10.6 Å². The minimum atomic E-state index is -3.95. The van der Waals surface area contributed by atoms with Gasteiger partial charge >= 0.3 is 0 Å². The third-order valence-corrected chi connectivity index (χ3v) is 7.39. The van der Waals surface area contributed by atoms with Gasteiger partial charge in [-0.15, -0.1) is 0 Å². The summed E-state index contributed by atoms with van der Waals surface area (Å²) in [6, 6.07) is 28.2. The number of amides is 1. The van der Waals surface area contributed by atoms with Gasteiger partial charge in [0.25, 0.3) is 10.0 Å². The standard InChI is InChI=1S/C27H22N2O4S/c1-19-11-14-21(15-12-19)29(34(31,32)22-7-3-2-4-8-22)18-27(30)28-20-13-16-24-23-9-5-6-10-25(23)33-26(24)17-20/h2-17H,18H2,1H3,(H,28,30). The summed E-state index contributed by atoms with van der Waals surface area (Å²) in [6.45, 7) is 1.54. The first kappa shape index (κ1) is 21.7. The molecule has 5 rings (SSSR count). The molecule has 0 atom stereocenters. The van der Waals surface area contributed by atoms with Gasteiger partial charge in [0.15, 0.2) is 0 Å². The van der Waals surface area contributed by atoms with Gasteiger partial charge in [-0.05, 0) is 49.4 Å². The van der Waals surface area contributed by atoms with E-state index in [9.17, 15) is 13.2 Å². The fraction of sp³-hybridized carbons (Fsp3) is 0.0741. The summed E-state index contributed by atoms with van der Waals surface area (Å²) in [5.41, 5.74) is 3.34. The summed E-state index contributed by atoms with van der Waals surface area (Å²) in [5.74, 6) is -0.462. The third kappa shape index (κ3) is 4.13. The minimum absolute atomic E-state index is 0.118. The first-order valence-corrected chi connectivity index (χ1v) is 12.2. The van der Waals surface area contributed by atoms with Crippen LogP contribution in [0.1, 0.15) is 5.56 Å². The second-order valence-electron chi connectivity index (χ2n) is 8.02. The van der Waals surface area contributed by atoms with Crippen LogP contribution in [0.25, 0.3) is 21.9 Å². The second-order valence-corrected chi connectivity index (χ2v) is 9.88. The van der Waals surface area contributed by atoms with E-state index >= 15 is 0 Å². The number of nitrogens with one attached hydrogen (secondary N) is 1. The van der Waals surface area contributed by atoms with Crippen LogP contribution in [0.15, 0.2) is 106 Å². The fourth-order valence-electron chi connectivity index (χ4n) is 3.88. The van der Waals surface area contributed by atoms with Crippen molar-refractivity contribution in [3.63, 3.8) is 0 Å². The first-order chi connectivity index (χ1) is 16.4. The minimum Gasteiger partial charge on any atom is -0.456 e. The number of para-hydroxylation sites is 1. The molecule has 0 aliphatic carbocycles. The maximum absolute atomic E-state index is 13.4. The van der Waals surface area contributed by atoms with Crippen molar-refractivity contribution in [1.29, 1.82) is 0 Å². The number of carbonyl (C=O) groups excluding carboxylic acids is 1. The molecule has 0 radical (unpaired) electrons. The predicted molar refractivity (Wildman–Crippen MR) is 135 cm³/mol. The van der Waals surface area contributed by atoms with Gasteiger partial charge in [-0.25, -0.2) is 8.42 Å². The number of nitrogens with zero attached hydrogens (tertiary/aromatic N) is 1. The molecule has 0 saturated carbocycles. The molecule has 0 aliphatic rings. The van der Waals surface area contributed by atoms with Crippen LogP contribution in [0.2, 0.25) is 0 Å². The number of fused-ring (bicyclic) bond motifs is 3. The number of aryl methyl sites for hydroxylation is 1. The Kier molecular flexibility index (Phi) is 5.55. The number of anilines is 2. The molecule has 1 heterocycles. The second kappa shape index (κ2) is 8.68. The molecule has 0 fully saturated rings. The number of sulfonamides is 1. The molecule has 5 aromatic rings. The molecule has 170 valence electrons. The van der Waals surface area contributed by atoms with E-state index in [1.807, 2.05) is 49.4 Å². The Morgan fingerprint density at radius 3 is 2.26 bits per heavy atom. The average molecular weight is 471 g/mol. The van der Waals surface area contributed by atoms with Gasteiger partial charge in [0.1, 0.15) is 17.7 Å². The van der Waals surface area contributed by atoms with E-state index in [4.69, 9.17) is 4.42 Å². The van der Waals surface area contributed by atoms with Gasteiger partial charge in [-0.3, -0.25) is 9.10 Å². The smallest absolute Gasteiger partial charge is 0.264 e. The van der Waals surface area contributed by atoms with Crippen molar-refractivity contribution in [3.05, 3.63) is 103 Å². The Morgan fingerprint density at radius 1 is 0.824 bits per heavy atom. The van der Waals surface area contributed by atoms with Crippen LogP contribution in [-0.4, -0.2) is 20.9 Å². The van der Waals surface area contributed by atoms with Crippen LogP contribution in [0.5, 0.6) is 0 Å². The zero-order chi connectivity index (χ0) is 23.7. The van der Waals surface area contributed by atoms with Gasteiger partial charge < -0.3 is 9.73 Å². The Hall–Kier alpha value is -4.10. The van der Waals surface area contributed by atoms with Gasteiger partial charge in [0, 0.05) is 22.5 Å². The molecule has 0 saturated heterocycles. The zero-order valence-corrected chi connectivity index (χ0v) is 19.2. The van der Waals surface area contributed by atoms with Crippen LogP contribution in [0.3, 0.4) is 0 Å². The largest absolute Gasteiger partial charge is 0.456 e. The molecular weight excluding hydrogens is 448 g/mol. The van der Waals surface area contributed by atoms with E-state index in [1.165, 1.54) is 12.1 Å². The Bertz CT molecular complexity index is 1590. The maximum Gasteiger partial charge on any atom is 0.264 e. The number of hydrogen-bond donors (Lipinski definition) is 1. The summed E-state index contributed by atoms with van der Waals surface area (Å²) >= 11 is 0. The molecule has 7 heteroatoms. The maximum atomic E-state index is 13.4. The van der Waals surface area contributed by atoms with Gasteiger partial charge in [-0.2, -0.15) is 0 Å². The lowest BCUT2D eigenvalue weighted by atomic mass is 10.1. The van der Waals surface area contributed by atoms with Crippen molar-refractivity contribution in [1.82, 2.24) is 0 Å². The van der Waals surface area contributed by atoms with E-state index in [1.54, 1.807) is 42.5 Å². The SMILES string of the molecule is Cc1ccc(N(CC(=O)Nc2ccc3c(c2)oc2ccccc23)S(=O)(=O)c2ccccc2)cc1. The molecular formula is C27H22N2O4S. The summed E-state index contributed by atoms with van der Waals surface area (Å²) in [4.78, 5) is 13.1. The number of furan rings is 1. The van der Waals surface area contributed by atoms with E-state index in [0.29, 0.717) is 17.0 Å². The lowest BCUT2D eigenvalue weighted by Crippen LogP contribution is -2.38. The molecule has 1 N–H and O–H groups in total. The van der Waals surface area contributed by atoms with Crippen LogP contribution in [0, 0.1) is 6.92 Å². The highest BCUT2D eigenvalue weighted by Crippen LogP contribution is 2.30. The molecule has 1 amide bonds. The highest BCUT2D eigenvalue weighted by Gasteiger charge is 2.27. The van der Waals surface area contributed by atoms with Crippen LogP contribution in [-0.2, 0) is 14.8 Å². The molecule has 4 aromatic carbocycles. The molecule has 34 heavy (non-hydrogen) atoms. The normalized spacial score (nSPS) is 11.6. The number of benzene rings is 4. The predicted octanol–water partition coefficient (Wildman–Crippen LogP) is 5.73. The van der Waals surface area contributed by atoms with Crippen molar-refractivity contribution in [2.45, 2.75) is 11.8 Å². The molecule has 0 aliphatic heterocycles. The highest BCUT2D eigenvalue weighted by atomic mass is 32.2. The lowest BCUT2D eigenvalue weighted by Gasteiger charge is -2.24. The van der Waals surface area contributed by atoms with Crippen molar-refractivity contribution in [2.75, 3.05) is 16.2 Å². The Morgan fingerprint density at radius 2 is 1.50 bits per heavy atom. The van der Waals surface area contributed by atoms with Gasteiger partial charge in [-0.1, -0.05) is 54.1 Å². The van der Waals surface area contributed by atoms with Gasteiger partial charge in [0.2, 0.25) is 5.91 Å². The summed E-state index contributed by atoms with van der Waals surface area (Å²) in [6.07, 6.45) is 0. The third-order valence-electron chi connectivity index (χ3n) is 5.60. The Labute approximate surface area is 197 Å².